The van der Waals surface area contributed by atoms with Crippen LogP contribution in [0.15, 0.2) is 0 Å². The lowest BCUT2D eigenvalue weighted by Crippen LogP contribution is -2.55. The van der Waals surface area contributed by atoms with Gasteiger partial charge in [-0.3, -0.25) is 0 Å². The van der Waals surface area contributed by atoms with E-state index in [0.29, 0.717) is 6.04 Å². The number of likely N-dealkylation sites (tertiary alicyclic amines) is 1. The van der Waals surface area contributed by atoms with Gasteiger partial charge in [0.2, 0.25) is 0 Å². The first-order valence-corrected chi connectivity index (χ1v) is 5.86. The molecule has 1 spiro atoms. The Morgan fingerprint density at radius 2 is 2.43 bits per heavy atom. The van der Waals surface area contributed by atoms with Crippen molar-refractivity contribution in [3.8, 4) is 0 Å². The predicted octanol–water partition coefficient (Wildman–Crippen LogP) is 0.979. The molecule has 14 heavy (non-hydrogen) atoms. The third kappa shape index (κ3) is 2.10. The molecule has 0 amide bonds. The highest BCUT2D eigenvalue weighted by Crippen LogP contribution is 2.32. The molecule has 3 nitrogen and oxygen atoms in total. The van der Waals surface area contributed by atoms with E-state index < -0.39 is 0 Å². The molecule has 0 unspecified atom stereocenters. The van der Waals surface area contributed by atoms with Gasteiger partial charge in [-0.25, -0.2) is 0 Å². The molecule has 0 radical (unpaired) electrons. The van der Waals surface area contributed by atoms with E-state index in [1.165, 1.54) is 19.4 Å². The van der Waals surface area contributed by atoms with Crippen molar-refractivity contribution < 1.29 is 4.74 Å². The quantitative estimate of drug-likeness (QED) is 0.682. The fourth-order valence-corrected chi connectivity index (χ4v) is 2.81. The van der Waals surface area contributed by atoms with Gasteiger partial charge in [0, 0.05) is 19.2 Å². The lowest BCUT2D eigenvalue weighted by atomic mass is 9.84. The van der Waals surface area contributed by atoms with Crippen LogP contribution in [0.4, 0.5) is 0 Å². The molecule has 2 aliphatic heterocycles. The molecular formula is C11H22N2O. The minimum absolute atomic E-state index is 0.103. The van der Waals surface area contributed by atoms with Crippen LogP contribution >= 0.6 is 0 Å². The zero-order valence-corrected chi connectivity index (χ0v) is 9.17. The molecule has 2 atom stereocenters. The minimum Gasteiger partial charge on any atom is -0.374 e. The predicted molar refractivity (Wildman–Crippen MR) is 57.2 cm³/mol. The van der Waals surface area contributed by atoms with Gasteiger partial charge in [0.1, 0.15) is 0 Å². The Bertz CT molecular complexity index is 194. The van der Waals surface area contributed by atoms with Gasteiger partial charge in [0.25, 0.3) is 0 Å². The van der Waals surface area contributed by atoms with Crippen LogP contribution in [0, 0.1) is 0 Å². The van der Waals surface area contributed by atoms with E-state index in [4.69, 9.17) is 10.5 Å². The monoisotopic (exact) mass is 198 g/mol. The van der Waals surface area contributed by atoms with E-state index in [2.05, 4.69) is 11.8 Å². The number of likely N-dealkylation sites (N-methyl/N-ethyl adjacent to an activating group) is 1. The van der Waals surface area contributed by atoms with Crippen molar-refractivity contribution in [2.45, 2.75) is 44.2 Å². The van der Waals surface area contributed by atoms with Gasteiger partial charge in [-0.1, -0.05) is 6.92 Å². The molecule has 2 aliphatic rings. The molecular weight excluding hydrogens is 176 g/mol. The van der Waals surface area contributed by atoms with E-state index in [1.54, 1.807) is 0 Å². The maximum absolute atomic E-state index is 6.03. The number of hydrogen-bond acceptors (Lipinski definition) is 3. The summed E-state index contributed by atoms with van der Waals surface area (Å²) < 4.78 is 5.99. The van der Waals surface area contributed by atoms with Crippen LogP contribution in [-0.2, 0) is 4.74 Å². The smallest absolute Gasteiger partial charge is 0.0824 e. The summed E-state index contributed by atoms with van der Waals surface area (Å²) in [5, 5.41) is 0. The average Bonchev–Trinajstić information content (AvgIpc) is 2.17. The largest absolute Gasteiger partial charge is 0.374 e. The Morgan fingerprint density at radius 1 is 1.57 bits per heavy atom. The van der Waals surface area contributed by atoms with Crippen LogP contribution in [0.1, 0.15) is 32.6 Å². The zero-order valence-electron chi connectivity index (χ0n) is 9.17. The van der Waals surface area contributed by atoms with Crippen molar-refractivity contribution in [3.05, 3.63) is 0 Å². The second kappa shape index (κ2) is 4.17. The van der Waals surface area contributed by atoms with Gasteiger partial charge < -0.3 is 15.4 Å². The summed E-state index contributed by atoms with van der Waals surface area (Å²) in [6, 6.07) is 0.362. The molecule has 2 N–H and O–H groups in total. The second-order valence-electron chi connectivity index (χ2n) is 4.76. The molecule has 2 saturated heterocycles. The normalized spacial score (nSPS) is 40.3. The maximum atomic E-state index is 6.03. The highest BCUT2D eigenvalue weighted by molar-refractivity contribution is 4.94. The number of nitrogens with two attached hydrogens (primary N) is 1. The van der Waals surface area contributed by atoms with Gasteiger partial charge in [0.15, 0.2) is 0 Å². The highest BCUT2D eigenvalue weighted by Gasteiger charge is 2.39. The molecule has 0 saturated carbocycles. The molecule has 2 heterocycles. The fraction of sp³-hybridized carbons (Fsp3) is 1.00. The highest BCUT2D eigenvalue weighted by atomic mass is 16.5. The second-order valence-corrected chi connectivity index (χ2v) is 4.76. The average molecular weight is 198 g/mol. The molecule has 0 aromatic carbocycles. The SMILES string of the molecule is CCN1CCC[C@]2(C[C@H](N)CCO2)C1. The maximum Gasteiger partial charge on any atom is 0.0824 e. The van der Waals surface area contributed by atoms with E-state index in [0.717, 1.165) is 32.5 Å². The third-order valence-electron chi connectivity index (χ3n) is 3.60. The third-order valence-corrected chi connectivity index (χ3v) is 3.60. The van der Waals surface area contributed by atoms with Gasteiger partial charge in [-0.05, 0) is 38.8 Å². The Morgan fingerprint density at radius 3 is 3.14 bits per heavy atom. The first-order chi connectivity index (χ1) is 6.74. The summed E-state index contributed by atoms with van der Waals surface area (Å²) in [5.41, 5.74) is 6.13. The van der Waals surface area contributed by atoms with Crippen molar-refractivity contribution >= 4 is 0 Å². The van der Waals surface area contributed by atoms with E-state index in [-0.39, 0.29) is 5.60 Å². The summed E-state index contributed by atoms with van der Waals surface area (Å²) in [7, 11) is 0. The molecule has 2 rings (SSSR count). The summed E-state index contributed by atoms with van der Waals surface area (Å²) in [6.45, 7) is 6.55. The van der Waals surface area contributed by atoms with Crippen molar-refractivity contribution in [3.63, 3.8) is 0 Å². The van der Waals surface area contributed by atoms with Crippen LogP contribution in [0.25, 0.3) is 0 Å². The summed E-state index contributed by atoms with van der Waals surface area (Å²) in [6.07, 6.45) is 4.56. The van der Waals surface area contributed by atoms with Gasteiger partial charge in [0.05, 0.1) is 5.60 Å². The Labute approximate surface area is 86.6 Å². The number of ether oxygens (including phenoxy) is 1. The zero-order chi connectivity index (χ0) is 10.0. The van der Waals surface area contributed by atoms with E-state index >= 15 is 0 Å². The van der Waals surface area contributed by atoms with E-state index in [9.17, 15) is 0 Å². The first-order valence-electron chi connectivity index (χ1n) is 5.86. The van der Waals surface area contributed by atoms with Gasteiger partial charge >= 0.3 is 0 Å². The topological polar surface area (TPSA) is 38.5 Å². The summed E-state index contributed by atoms with van der Waals surface area (Å²) >= 11 is 0. The Kier molecular flexibility index (Phi) is 3.10. The molecule has 2 fully saturated rings. The molecule has 82 valence electrons. The standard InChI is InChI=1S/C11H22N2O/c1-2-13-6-3-5-11(9-13)8-10(12)4-7-14-11/h10H,2-9,12H2,1H3/t10-,11+/m1/s1. The van der Waals surface area contributed by atoms with Crippen LogP contribution in [0.3, 0.4) is 0 Å². The number of hydrogen-bond donors (Lipinski definition) is 1. The van der Waals surface area contributed by atoms with Crippen LogP contribution in [0.2, 0.25) is 0 Å². The van der Waals surface area contributed by atoms with Crippen LogP contribution < -0.4 is 5.73 Å². The number of rotatable bonds is 1. The summed E-state index contributed by atoms with van der Waals surface area (Å²) in [4.78, 5) is 2.49. The Balaban J connectivity index is 1.99. The van der Waals surface area contributed by atoms with Crippen LogP contribution in [-0.4, -0.2) is 42.8 Å². The van der Waals surface area contributed by atoms with Gasteiger partial charge in [-0.15, -0.1) is 0 Å². The molecule has 3 heteroatoms. The molecule has 0 bridgehead atoms. The first kappa shape index (κ1) is 10.4. The van der Waals surface area contributed by atoms with Crippen molar-refractivity contribution in [2.75, 3.05) is 26.2 Å². The lowest BCUT2D eigenvalue weighted by Gasteiger charge is -2.46. The van der Waals surface area contributed by atoms with Gasteiger partial charge in [-0.2, -0.15) is 0 Å². The van der Waals surface area contributed by atoms with Crippen molar-refractivity contribution in [1.82, 2.24) is 4.90 Å². The van der Waals surface area contributed by atoms with Crippen molar-refractivity contribution in [2.24, 2.45) is 5.73 Å². The van der Waals surface area contributed by atoms with Crippen molar-refractivity contribution in [1.29, 1.82) is 0 Å². The number of nitrogens with zero attached hydrogens (tertiary/aromatic N) is 1. The summed E-state index contributed by atoms with van der Waals surface area (Å²) in [5.74, 6) is 0. The fourth-order valence-electron chi connectivity index (χ4n) is 2.81. The molecule has 0 aromatic rings. The molecule has 0 aromatic heterocycles. The number of piperidine rings is 1. The lowest BCUT2D eigenvalue weighted by molar-refractivity contribution is -0.120. The molecule has 0 aliphatic carbocycles. The Hall–Kier alpha value is -0.120. The minimum atomic E-state index is 0.103. The van der Waals surface area contributed by atoms with Crippen LogP contribution in [0.5, 0.6) is 0 Å². The van der Waals surface area contributed by atoms with E-state index in [1.807, 2.05) is 0 Å².